The molecule has 0 spiro atoms. The van der Waals surface area contributed by atoms with Crippen LogP contribution in [-0.4, -0.2) is 53.4 Å². The van der Waals surface area contributed by atoms with Gasteiger partial charge in [0, 0.05) is 19.6 Å². The van der Waals surface area contributed by atoms with Crippen LogP contribution >= 0.6 is 0 Å². The fourth-order valence-electron chi connectivity index (χ4n) is 1.57. The fourth-order valence-corrected chi connectivity index (χ4v) is 2.89. The van der Waals surface area contributed by atoms with Gasteiger partial charge in [0.2, 0.25) is 0 Å². The van der Waals surface area contributed by atoms with E-state index in [4.69, 9.17) is 13.3 Å². The van der Waals surface area contributed by atoms with Gasteiger partial charge in [0.05, 0.1) is 19.3 Å². The highest BCUT2D eigenvalue weighted by molar-refractivity contribution is 6.36. The molecule has 70 valence electrons. The van der Waals surface area contributed by atoms with Gasteiger partial charge < -0.3 is 13.3 Å². The molecule has 0 aliphatic carbocycles. The van der Waals surface area contributed by atoms with Gasteiger partial charge in [0.15, 0.2) is 0 Å². The molecule has 3 saturated heterocycles. The van der Waals surface area contributed by atoms with Gasteiger partial charge in [0.25, 0.3) is 0 Å². The van der Waals surface area contributed by atoms with Gasteiger partial charge >= 0.3 is 9.53 Å². The fraction of sp³-hybridized carbons (Fsp3) is 1.00. The van der Waals surface area contributed by atoms with E-state index in [9.17, 15) is 0 Å². The van der Waals surface area contributed by atoms with Crippen LogP contribution in [0.4, 0.5) is 0 Å². The maximum absolute atomic E-state index is 5.61. The summed E-state index contributed by atoms with van der Waals surface area (Å²) in [6, 6.07) is 0. The van der Waals surface area contributed by atoms with Crippen LogP contribution < -0.4 is 0 Å². The number of nitrogens with zero attached hydrogens (tertiary/aromatic N) is 1. The molecule has 0 aromatic rings. The van der Waals surface area contributed by atoms with Crippen LogP contribution in [0.1, 0.15) is 6.92 Å². The molecule has 0 aromatic carbocycles. The third-order valence-corrected chi connectivity index (χ3v) is 3.88. The topological polar surface area (TPSA) is 30.9 Å². The smallest absolute Gasteiger partial charge is 0.374 e. The predicted molar refractivity (Wildman–Crippen MR) is 46.0 cm³/mol. The Morgan fingerprint density at radius 3 is 2.58 bits per heavy atom. The van der Waals surface area contributed by atoms with Crippen LogP contribution in [0.15, 0.2) is 0 Å². The van der Waals surface area contributed by atoms with E-state index in [1.54, 1.807) is 0 Å². The minimum atomic E-state index is -1.75. The third kappa shape index (κ3) is 2.05. The van der Waals surface area contributed by atoms with Crippen molar-refractivity contribution in [1.82, 2.24) is 4.90 Å². The average molecular weight is 189 g/mol. The van der Waals surface area contributed by atoms with Crippen molar-refractivity contribution in [1.29, 1.82) is 0 Å². The Bertz CT molecular complexity index is 134. The minimum absolute atomic E-state index is 0.266. The van der Waals surface area contributed by atoms with E-state index in [0.717, 1.165) is 32.8 Å². The van der Waals surface area contributed by atoms with Crippen LogP contribution in [0, 0.1) is 0 Å². The van der Waals surface area contributed by atoms with Crippen LogP contribution in [0.3, 0.4) is 0 Å². The molecular formula is C7H15NO3Si. The molecule has 3 fully saturated rings. The molecule has 4 nitrogen and oxygen atoms in total. The van der Waals surface area contributed by atoms with Gasteiger partial charge in [-0.1, -0.05) is 0 Å². The second-order valence-electron chi connectivity index (χ2n) is 3.28. The number of fused-ring (bicyclic) bond motifs is 6. The normalized spacial score (nSPS) is 43.2. The van der Waals surface area contributed by atoms with Gasteiger partial charge in [-0.25, -0.2) is 0 Å². The molecule has 3 aliphatic rings. The van der Waals surface area contributed by atoms with Gasteiger partial charge in [-0.05, 0) is 6.92 Å². The lowest BCUT2D eigenvalue weighted by Gasteiger charge is -2.34. The van der Waals surface area contributed by atoms with E-state index in [1.165, 1.54) is 0 Å². The predicted octanol–water partition coefficient (Wildman–Crippen LogP) is -0.529. The largest absolute Gasteiger partial charge is 0.484 e. The Morgan fingerprint density at radius 2 is 1.92 bits per heavy atom. The molecule has 2 bridgehead atoms. The van der Waals surface area contributed by atoms with E-state index in [-0.39, 0.29) is 6.10 Å². The third-order valence-electron chi connectivity index (χ3n) is 2.18. The first-order valence-corrected chi connectivity index (χ1v) is 5.87. The van der Waals surface area contributed by atoms with E-state index in [1.807, 2.05) is 0 Å². The van der Waals surface area contributed by atoms with Crippen molar-refractivity contribution in [3.8, 4) is 0 Å². The summed E-state index contributed by atoms with van der Waals surface area (Å²) in [7, 11) is -1.75. The highest BCUT2D eigenvalue weighted by Gasteiger charge is 2.26. The second-order valence-corrected chi connectivity index (χ2v) is 4.79. The van der Waals surface area contributed by atoms with Crippen molar-refractivity contribution in [3.63, 3.8) is 0 Å². The number of rotatable bonds is 0. The lowest BCUT2D eigenvalue weighted by Crippen LogP contribution is -2.48. The average Bonchev–Trinajstić information content (AvgIpc) is 1.91. The summed E-state index contributed by atoms with van der Waals surface area (Å²) in [4.78, 5) is 2.33. The summed E-state index contributed by atoms with van der Waals surface area (Å²) in [6.45, 7) is 6.70. The van der Waals surface area contributed by atoms with Crippen LogP contribution in [0.5, 0.6) is 0 Å². The van der Waals surface area contributed by atoms with Gasteiger partial charge in [-0.3, -0.25) is 4.90 Å². The zero-order valence-electron chi connectivity index (χ0n) is 7.36. The standard InChI is InChI=1S/C7H15NO3Si/c1-7-6-8-2-4-9-12(11-7)10-5-3-8/h7,12H,2-6H2,1H3. The Hall–Kier alpha value is 0.0569. The lowest BCUT2D eigenvalue weighted by atomic mass is 10.3. The molecule has 0 radical (unpaired) electrons. The molecule has 0 saturated carbocycles. The molecule has 5 heteroatoms. The number of hydrogen-bond acceptors (Lipinski definition) is 4. The van der Waals surface area contributed by atoms with E-state index >= 15 is 0 Å². The van der Waals surface area contributed by atoms with Crippen molar-refractivity contribution in [2.75, 3.05) is 32.8 Å². The molecule has 12 heavy (non-hydrogen) atoms. The monoisotopic (exact) mass is 189 g/mol. The number of hydrogen-bond donors (Lipinski definition) is 0. The summed E-state index contributed by atoms with van der Waals surface area (Å²) in [5.74, 6) is 0. The van der Waals surface area contributed by atoms with Gasteiger partial charge in [0.1, 0.15) is 0 Å². The highest BCUT2D eigenvalue weighted by atomic mass is 28.3. The molecule has 1 atom stereocenters. The summed E-state index contributed by atoms with van der Waals surface area (Å²) in [5.41, 5.74) is 0. The Kier molecular flexibility index (Phi) is 2.77. The lowest BCUT2D eigenvalue weighted by molar-refractivity contribution is -0.0131. The molecule has 0 aromatic heterocycles. The summed E-state index contributed by atoms with van der Waals surface area (Å²) >= 11 is 0. The van der Waals surface area contributed by atoms with Gasteiger partial charge in [-0.2, -0.15) is 0 Å². The zero-order valence-corrected chi connectivity index (χ0v) is 8.52. The summed E-state index contributed by atoms with van der Waals surface area (Å²) < 4.78 is 16.6. The molecule has 3 heterocycles. The summed E-state index contributed by atoms with van der Waals surface area (Å²) in [5, 5.41) is 0. The first-order chi connectivity index (χ1) is 5.84. The molecule has 0 amide bonds. The molecule has 1 unspecified atom stereocenters. The van der Waals surface area contributed by atoms with Crippen molar-refractivity contribution in [3.05, 3.63) is 0 Å². The molecule has 3 rings (SSSR count). The Labute approximate surface area is 74.4 Å². The Balaban J connectivity index is 2.01. The highest BCUT2D eigenvalue weighted by Crippen LogP contribution is 2.09. The molecular weight excluding hydrogens is 174 g/mol. The van der Waals surface area contributed by atoms with E-state index in [2.05, 4.69) is 11.8 Å². The van der Waals surface area contributed by atoms with Crippen LogP contribution in [0.25, 0.3) is 0 Å². The SMILES string of the molecule is CC1CN2CCO[SiH](OCC2)O1. The first-order valence-electron chi connectivity index (χ1n) is 4.45. The maximum atomic E-state index is 5.61. The van der Waals surface area contributed by atoms with Crippen molar-refractivity contribution in [2.24, 2.45) is 0 Å². The summed E-state index contributed by atoms with van der Waals surface area (Å²) in [6.07, 6.45) is 0.266. The van der Waals surface area contributed by atoms with Crippen LogP contribution in [-0.2, 0) is 13.3 Å². The Morgan fingerprint density at radius 1 is 1.25 bits per heavy atom. The van der Waals surface area contributed by atoms with Crippen LogP contribution in [0.2, 0.25) is 0 Å². The van der Waals surface area contributed by atoms with Crippen molar-refractivity contribution in [2.45, 2.75) is 13.0 Å². The van der Waals surface area contributed by atoms with Gasteiger partial charge in [-0.15, -0.1) is 0 Å². The molecule has 3 aliphatic heterocycles. The quantitative estimate of drug-likeness (QED) is 0.479. The van der Waals surface area contributed by atoms with Crippen molar-refractivity contribution >= 4 is 9.53 Å². The first kappa shape index (κ1) is 8.65. The second kappa shape index (κ2) is 3.84. The van der Waals surface area contributed by atoms with E-state index < -0.39 is 9.53 Å². The van der Waals surface area contributed by atoms with Crippen molar-refractivity contribution < 1.29 is 13.3 Å². The van der Waals surface area contributed by atoms with E-state index in [0.29, 0.717) is 0 Å². The minimum Gasteiger partial charge on any atom is -0.374 e. The molecule has 0 N–H and O–H groups in total. The maximum Gasteiger partial charge on any atom is 0.484 e. The zero-order chi connectivity index (χ0) is 8.39.